The van der Waals surface area contributed by atoms with Crippen LogP contribution in [0.25, 0.3) is 0 Å². The van der Waals surface area contributed by atoms with Gasteiger partial charge in [-0.1, -0.05) is 17.7 Å². The normalized spacial score (nSPS) is 15.4. The molecule has 1 fully saturated rings. The van der Waals surface area contributed by atoms with Gasteiger partial charge < -0.3 is 10.2 Å². The first-order valence-corrected chi connectivity index (χ1v) is 8.13. The quantitative estimate of drug-likeness (QED) is 0.876. The van der Waals surface area contributed by atoms with Crippen LogP contribution in [-0.4, -0.2) is 29.0 Å². The number of nitrogens with one attached hydrogen (secondary N) is 1. The number of aromatic nitrogens is 2. The van der Waals surface area contributed by atoms with Gasteiger partial charge in [-0.15, -0.1) is 0 Å². The molecule has 1 aliphatic rings. The van der Waals surface area contributed by atoms with E-state index in [4.69, 9.17) is 11.6 Å². The summed E-state index contributed by atoms with van der Waals surface area (Å²) >= 11 is 5.94. The molecule has 23 heavy (non-hydrogen) atoms. The Morgan fingerprint density at radius 3 is 2.83 bits per heavy atom. The molecule has 0 atom stereocenters. The summed E-state index contributed by atoms with van der Waals surface area (Å²) in [4.78, 5) is 22.6. The zero-order chi connectivity index (χ0) is 16.1. The number of hydrogen-bond donors (Lipinski definition) is 1. The summed E-state index contributed by atoms with van der Waals surface area (Å²) in [7, 11) is 0. The van der Waals surface area contributed by atoms with Gasteiger partial charge in [0.1, 0.15) is 5.15 Å². The van der Waals surface area contributed by atoms with E-state index in [-0.39, 0.29) is 11.8 Å². The van der Waals surface area contributed by atoms with Crippen molar-refractivity contribution < 1.29 is 4.79 Å². The molecule has 0 radical (unpaired) electrons. The summed E-state index contributed by atoms with van der Waals surface area (Å²) in [5.41, 5.74) is 2.09. The van der Waals surface area contributed by atoms with Gasteiger partial charge in [0.2, 0.25) is 5.91 Å². The first kappa shape index (κ1) is 15.7. The van der Waals surface area contributed by atoms with Crippen molar-refractivity contribution in [3.63, 3.8) is 0 Å². The summed E-state index contributed by atoms with van der Waals surface area (Å²) in [6, 6.07) is 7.65. The summed E-state index contributed by atoms with van der Waals surface area (Å²) in [6.45, 7) is 2.24. The van der Waals surface area contributed by atoms with Crippen molar-refractivity contribution in [2.45, 2.75) is 19.4 Å². The van der Waals surface area contributed by atoms with Gasteiger partial charge in [0, 0.05) is 49.8 Å². The van der Waals surface area contributed by atoms with Crippen LogP contribution in [0.15, 0.2) is 42.9 Å². The van der Waals surface area contributed by atoms with Gasteiger partial charge in [-0.05, 0) is 36.6 Å². The molecular formula is C17H19ClN4O. The Labute approximate surface area is 140 Å². The molecule has 2 aromatic rings. The van der Waals surface area contributed by atoms with E-state index >= 15 is 0 Å². The number of nitrogens with zero attached hydrogens (tertiary/aromatic N) is 3. The number of hydrogen-bond acceptors (Lipinski definition) is 4. The fraction of sp³-hybridized carbons (Fsp3) is 0.353. The molecule has 0 aromatic carbocycles. The second-order valence-electron chi connectivity index (χ2n) is 5.68. The summed E-state index contributed by atoms with van der Waals surface area (Å²) in [6.07, 6.45) is 6.91. The minimum Gasteiger partial charge on any atom is -0.371 e. The number of anilines is 1. The van der Waals surface area contributed by atoms with Gasteiger partial charge in [0.05, 0.1) is 0 Å². The number of pyridine rings is 2. The van der Waals surface area contributed by atoms with Crippen molar-refractivity contribution in [2.75, 3.05) is 18.0 Å². The number of piperidine rings is 1. The largest absolute Gasteiger partial charge is 0.371 e. The first-order valence-electron chi connectivity index (χ1n) is 7.75. The molecule has 2 aromatic heterocycles. The smallest absolute Gasteiger partial charge is 0.223 e. The molecular weight excluding hydrogens is 312 g/mol. The third-order valence-electron chi connectivity index (χ3n) is 4.13. The molecule has 3 heterocycles. The molecule has 1 amide bonds. The lowest BCUT2D eigenvalue weighted by Crippen LogP contribution is -2.40. The van der Waals surface area contributed by atoms with E-state index in [0.717, 1.165) is 37.2 Å². The maximum absolute atomic E-state index is 12.3. The zero-order valence-electron chi connectivity index (χ0n) is 12.8. The van der Waals surface area contributed by atoms with E-state index in [1.807, 2.05) is 24.3 Å². The Morgan fingerprint density at radius 1 is 1.30 bits per heavy atom. The second-order valence-corrected chi connectivity index (χ2v) is 6.06. The van der Waals surface area contributed by atoms with E-state index in [1.54, 1.807) is 18.6 Å². The number of halogens is 1. The summed E-state index contributed by atoms with van der Waals surface area (Å²) in [5.74, 6) is 0.196. The first-order chi connectivity index (χ1) is 11.2. The van der Waals surface area contributed by atoms with Crippen LogP contribution in [0.4, 0.5) is 5.69 Å². The lowest BCUT2D eigenvalue weighted by Gasteiger charge is -2.33. The monoisotopic (exact) mass is 330 g/mol. The van der Waals surface area contributed by atoms with Crippen LogP contribution in [-0.2, 0) is 11.3 Å². The maximum Gasteiger partial charge on any atom is 0.223 e. The van der Waals surface area contributed by atoms with Crippen molar-refractivity contribution >= 4 is 23.2 Å². The molecule has 5 nitrogen and oxygen atoms in total. The van der Waals surface area contributed by atoms with Crippen molar-refractivity contribution in [2.24, 2.45) is 5.92 Å². The molecule has 0 unspecified atom stereocenters. The highest BCUT2D eigenvalue weighted by Crippen LogP contribution is 2.24. The SMILES string of the molecule is O=C(NCc1cccnc1)C1CCN(c2ccnc(Cl)c2)CC1. The van der Waals surface area contributed by atoms with Crippen molar-refractivity contribution in [3.05, 3.63) is 53.6 Å². The molecule has 3 rings (SSSR count). The Morgan fingerprint density at radius 2 is 2.13 bits per heavy atom. The van der Waals surface area contributed by atoms with Gasteiger partial charge in [-0.3, -0.25) is 9.78 Å². The highest BCUT2D eigenvalue weighted by atomic mass is 35.5. The third kappa shape index (κ3) is 4.20. The maximum atomic E-state index is 12.3. The van der Waals surface area contributed by atoms with Gasteiger partial charge in [-0.2, -0.15) is 0 Å². The van der Waals surface area contributed by atoms with E-state index in [2.05, 4.69) is 20.2 Å². The molecule has 0 spiro atoms. The second kappa shape index (κ2) is 7.42. The highest BCUT2D eigenvalue weighted by molar-refractivity contribution is 6.29. The standard InChI is InChI=1S/C17H19ClN4O/c18-16-10-15(3-7-20-16)22-8-4-14(5-9-22)17(23)21-12-13-2-1-6-19-11-13/h1-3,6-7,10-11,14H,4-5,8-9,12H2,(H,21,23). The Kier molecular flexibility index (Phi) is 5.08. The van der Waals surface area contributed by atoms with Crippen LogP contribution in [0.3, 0.4) is 0 Å². The highest BCUT2D eigenvalue weighted by Gasteiger charge is 2.25. The van der Waals surface area contributed by atoms with Crippen molar-refractivity contribution in [1.82, 2.24) is 15.3 Å². The van der Waals surface area contributed by atoms with E-state index in [0.29, 0.717) is 11.7 Å². The summed E-state index contributed by atoms with van der Waals surface area (Å²) in [5, 5.41) is 3.50. The number of rotatable bonds is 4. The molecule has 0 aliphatic carbocycles. The van der Waals surface area contributed by atoms with Crippen molar-refractivity contribution in [3.8, 4) is 0 Å². The van der Waals surface area contributed by atoms with Gasteiger partial charge in [-0.25, -0.2) is 4.98 Å². The van der Waals surface area contributed by atoms with Gasteiger partial charge in [0.15, 0.2) is 0 Å². The van der Waals surface area contributed by atoms with Crippen LogP contribution < -0.4 is 10.2 Å². The topological polar surface area (TPSA) is 58.1 Å². The van der Waals surface area contributed by atoms with Crippen LogP contribution in [0, 0.1) is 5.92 Å². The number of amides is 1. The molecule has 120 valence electrons. The molecule has 1 saturated heterocycles. The van der Waals surface area contributed by atoms with E-state index in [9.17, 15) is 4.79 Å². The van der Waals surface area contributed by atoms with Gasteiger partial charge >= 0.3 is 0 Å². The summed E-state index contributed by atoms with van der Waals surface area (Å²) < 4.78 is 0. The lowest BCUT2D eigenvalue weighted by atomic mass is 9.95. The molecule has 6 heteroatoms. The minimum absolute atomic E-state index is 0.0697. The molecule has 0 saturated carbocycles. The molecule has 0 bridgehead atoms. The average molecular weight is 331 g/mol. The fourth-order valence-corrected chi connectivity index (χ4v) is 2.99. The van der Waals surface area contributed by atoms with Crippen LogP contribution in [0.2, 0.25) is 5.15 Å². The van der Waals surface area contributed by atoms with Crippen LogP contribution >= 0.6 is 11.6 Å². The Hall–Kier alpha value is -2.14. The lowest BCUT2D eigenvalue weighted by molar-refractivity contribution is -0.125. The fourth-order valence-electron chi connectivity index (χ4n) is 2.83. The minimum atomic E-state index is 0.0697. The number of carbonyl (C=O) groups is 1. The predicted octanol–water partition coefficient (Wildman–Crippen LogP) is 2.66. The van der Waals surface area contributed by atoms with Crippen molar-refractivity contribution in [1.29, 1.82) is 0 Å². The van der Waals surface area contributed by atoms with Gasteiger partial charge in [0.25, 0.3) is 0 Å². The van der Waals surface area contributed by atoms with E-state index in [1.165, 1.54) is 0 Å². The number of carbonyl (C=O) groups excluding carboxylic acids is 1. The Balaban J connectivity index is 1.49. The third-order valence-corrected chi connectivity index (χ3v) is 4.34. The van der Waals surface area contributed by atoms with E-state index < -0.39 is 0 Å². The van der Waals surface area contributed by atoms with Crippen LogP contribution in [0.1, 0.15) is 18.4 Å². The van der Waals surface area contributed by atoms with Crippen LogP contribution in [0.5, 0.6) is 0 Å². The zero-order valence-corrected chi connectivity index (χ0v) is 13.5. The Bertz CT molecular complexity index is 657. The predicted molar refractivity (Wildman–Crippen MR) is 90.3 cm³/mol. The molecule has 1 aliphatic heterocycles. The molecule has 1 N–H and O–H groups in total. The average Bonchev–Trinajstić information content (AvgIpc) is 2.61.